The zero-order valence-corrected chi connectivity index (χ0v) is 12.9. The van der Waals surface area contributed by atoms with E-state index in [0.717, 1.165) is 10.2 Å². The molecule has 0 atom stereocenters. The van der Waals surface area contributed by atoms with Crippen LogP contribution in [0, 0.1) is 6.92 Å². The Bertz CT molecular complexity index is 652. The molecule has 0 aliphatic heterocycles. The van der Waals surface area contributed by atoms with Crippen molar-refractivity contribution in [3.63, 3.8) is 0 Å². The smallest absolute Gasteiger partial charge is 0.170 e. The van der Waals surface area contributed by atoms with Crippen molar-refractivity contribution in [2.24, 2.45) is 7.05 Å². The van der Waals surface area contributed by atoms with Gasteiger partial charge in [0.2, 0.25) is 0 Å². The number of benzene rings is 1. The third kappa shape index (κ3) is 2.82. The van der Waals surface area contributed by atoms with Crippen LogP contribution in [-0.4, -0.2) is 15.6 Å². The first-order valence-electron chi connectivity index (χ1n) is 5.66. The van der Waals surface area contributed by atoms with Gasteiger partial charge in [-0.05, 0) is 25.1 Å². The summed E-state index contributed by atoms with van der Waals surface area (Å²) in [5.74, 6) is -0.0742. The van der Waals surface area contributed by atoms with Crippen molar-refractivity contribution in [2.75, 3.05) is 5.73 Å². The van der Waals surface area contributed by atoms with Gasteiger partial charge in [-0.25, -0.2) is 0 Å². The molecule has 0 fully saturated rings. The van der Waals surface area contributed by atoms with Gasteiger partial charge in [0.15, 0.2) is 5.78 Å². The first kappa shape index (κ1) is 14.1. The SMILES string of the molecule is Cc1nn(C)c(CC(=O)c2ccc(Br)cc2N)c1Cl. The number of aromatic nitrogens is 2. The number of carbonyl (C=O) groups is 1. The highest BCUT2D eigenvalue weighted by Crippen LogP contribution is 2.24. The summed E-state index contributed by atoms with van der Waals surface area (Å²) in [4.78, 5) is 12.3. The molecule has 1 aromatic heterocycles. The number of hydrogen-bond acceptors (Lipinski definition) is 3. The van der Waals surface area contributed by atoms with Crippen LogP contribution < -0.4 is 5.73 Å². The first-order chi connectivity index (χ1) is 8.90. The number of Topliss-reactive ketones (excluding diaryl/α,β-unsaturated/α-hetero) is 1. The van der Waals surface area contributed by atoms with Gasteiger partial charge in [-0.1, -0.05) is 27.5 Å². The van der Waals surface area contributed by atoms with Gasteiger partial charge in [-0.3, -0.25) is 9.48 Å². The second kappa shape index (κ2) is 5.35. The largest absolute Gasteiger partial charge is 0.398 e. The maximum absolute atomic E-state index is 12.3. The Morgan fingerprint density at radius 2 is 2.21 bits per heavy atom. The monoisotopic (exact) mass is 341 g/mol. The zero-order valence-electron chi connectivity index (χ0n) is 10.6. The van der Waals surface area contributed by atoms with Crippen LogP contribution in [0.1, 0.15) is 21.7 Å². The van der Waals surface area contributed by atoms with E-state index in [1.807, 2.05) is 6.92 Å². The predicted molar refractivity (Wildman–Crippen MR) is 79.5 cm³/mol. The first-order valence-corrected chi connectivity index (χ1v) is 6.83. The molecular formula is C13H13BrClN3O. The summed E-state index contributed by atoms with van der Waals surface area (Å²) in [6.07, 6.45) is 0.183. The van der Waals surface area contributed by atoms with Crippen LogP contribution in [-0.2, 0) is 13.5 Å². The van der Waals surface area contributed by atoms with Gasteiger partial charge in [0.05, 0.1) is 22.8 Å². The van der Waals surface area contributed by atoms with E-state index in [1.54, 1.807) is 29.9 Å². The average Bonchev–Trinajstić information content (AvgIpc) is 2.56. The second-order valence-corrected chi connectivity index (χ2v) is 5.59. The van der Waals surface area contributed by atoms with Crippen molar-refractivity contribution < 1.29 is 4.79 Å². The molecule has 2 aromatic rings. The minimum absolute atomic E-state index is 0.0742. The lowest BCUT2D eigenvalue weighted by molar-refractivity contribution is 0.0991. The molecule has 0 spiro atoms. The molecule has 0 radical (unpaired) electrons. The third-order valence-electron chi connectivity index (χ3n) is 2.90. The minimum Gasteiger partial charge on any atom is -0.398 e. The van der Waals surface area contributed by atoms with Crippen LogP contribution in [0.5, 0.6) is 0 Å². The molecule has 2 N–H and O–H groups in total. The molecular weight excluding hydrogens is 330 g/mol. The number of rotatable bonds is 3. The highest BCUT2D eigenvalue weighted by atomic mass is 79.9. The van der Waals surface area contributed by atoms with Crippen LogP contribution in [0.4, 0.5) is 5.69 Å². The number of nitrogens with two attached hydrogens (primary N) is 1. The molecule has 6 heteroatoms. The topological polar surface area (TPSA) is 60.9 Å². The van der Waals surface area contributed by atoms with Crippen LogP contribution >= 0.6 is 27.5 Å². The Morgan fingerprint density at radius 1 is 1.53 bits per heavy atom. The number of hydrogen-bond donors (Lipinski definition) is 1. The maximum Gasteiger partial charge on any atom is 0.170 e. The van der Waals surface area contributed by atoms with Gasteiger partial charge >= 0.3 is 0 Å². The second-order valence-electron chi connectivity index (χ2n) is 4.30. The number of anilines is 1. The quantitative estimate of drug-likeness (QED) is 0.688. The van der Waals surface area contributed by atoms with Crippen molar-refractivity contribution in [3.05, 3.63) is 44.6 Å². The highest BCUT2D eigenvalue weighted by Gasteiger charge is 2.17. The lowest BCUT2D eigenvalue weighted by Gasteiger charge is -2.06. The number of nitrogen functional groups attached to an aromatic ring is 1. The molecule has 0 amide bonds. The summed E-state index contributed by atoms with van der Waals surface area (Å²) in [6, 6.07) is 5.21. The van der Waals surface area contributed by atoms with Crippen molar-refractivity contribution in [3.8, 4) is 0 Å². The summed E-state index contributed by atoms with van der Waals surface area (Å²) in [5, 5.41) is 4.72. The van der Waals surface area contributed by atoms with Crippen LogP contribution in [0.15, 0.2) is 22.7 Å². The fraction of sp³-hybridized carbons (Fsp3) is 0.231. The molecule has 2 rings (SSSR count). The molecule has 19 heavy (non-hydrogen) atoms. The molecule has 1 aromatic carbocycles. The highest BCUT2D eigenvalue weighted by molar-refractivity contribution is 9.10. The minimum atomic E-state index is -0.0742. The molecule has 0 bridgehead atoms. The number of nitrogens with zero attached hydrogens (tertiary/aromatic N) is 2. The maximum atomic E-state index is 12.3. The van der Waals surface area contributed by atoms with E-state index in [9.17, 15) is 4.79 Å². The number of carbonyl (C=O) groups excluding carboxylic acids is 1. The van der Waals surface area contributed by atoms with E-state index in [2.05, 4.69) is 21.0 Å². The molecule has 0 saturated carbocycles. The summed E-state index contributed by atoms with van der Waals surface area (Å²) in [7, 11) is 1.77. The molecule has 0 aliphatic carbocycles. The number of ketones is 1. The van der Waals surface area contributed by atoms with E-state index in [4.69, 9.17) is 17.3 Å². The van der Waals surface area contributed by atoms with E-state index in [1.165, 1.54) is 0 Å². The van der Waals surface area contributed by atoms with Crippen LogP contribution in [0.25, 0.3) is 0 Å². The third-order valence-corrected chi connectivity index (χ3v) is 3.89. The van der Waals surface area contributed by atoms with Crippen molar-refractivity contribution in [1.82, 2.24) is 9.78 Å². The molecule has 1 heterocycles. The van der Waals surface area contributed by atoms with Crippen molar-refractivity contribution in [2.45, 2.75) is 13.3 Å². The molecule has 0 aliphatic rings. The molecule has 4 nitrogen and oxygen atoms in total. The van der Waals surface area contributed by atoms with Gasteiger partial charge in [0.25, 0.3) is 0 Å². The van der Waals surface area contributed by atoms with Gasteiger partial charge in [-0.2, -0.15) is 5.10 Å². The Morgan fingerprint density at radius 3 is 2.74 bits per heavy atom. The Hall–Kier alpha value is -1.33. The predicted octanol–water partition coefficient (Wildman–Crippen LogP) is 3.15. The van der Waals surface area contributed by atoms with Crippen LogP contribution in [0.3, 0.4) is 0 Å². The lowest BCUT2D eigenvalue weighted by atomic mass is 10.0. The fourth-order valence-electron chi connectivity index (χ4n) is 1.91. The molecule has 0 saturated heterocycles. The van der Waals surface area contributed by atoms with E-state index >= 15 is 0 Å². The van der Waals surface area contributed by atoms with Gasteiger partial charge < -0.3 is 5.73 Å². The van der Waals surface area contributed by atoms with Gasteiger partial charge in [-0.15, -0.1) is 0 Å². The summed E-state index contributed by atoms with van der Waals surface area (Å²) in [5.41, 5.74) is 8.22. The van der Waals surface area contributed by atoms with Crippen LogP contribution in [0.2, 0.25) is 5.02 Å². The summed E-state index contributed by atoms with van der Waals surface area (Å²) < 4.78 is 2.47. The molecule has 100 valence electrons. The van der Waals surface area contributed by atoms with Crippen molar-refractivity contribution in [1.29, 1.82) is 0 Å². The van der Waals surface area contributed by atoms with E-state index in [-0.39, 0.29) is 12.2 Å². The Kier molecular flexibility index (Phi) is 3.96. The Balaban J connectivity index is 2.31. The Labute approximate surface area is 124 Å². The van der Waals surface area contributed by atoms with Gasteiger partial charge in [0.1, 0.15) is 0 Å². The normalized spacial score (nSPS) is 10.7. The van der Waals surface area contributed by atoms with Gasteiger partial charge in [0, 0.05) is 22.8 Å². The number of halogens is 2. The molecule has 0 unspecified atom stereocenters. The van der Waals surface area contributed by atoms with Crippen molar-refractivity contribution >= 4 is 39.0 Å². The van der Waals surface area contributed by atoms with E-state index in [0.29, 0.717) is 22.0 Å². The fourth-order valence-corrected chi connectivity index (χ4v) is 2.51. The number of aryl methyl sites for hydroxylation is 2. The summed E-state index contributed by atoms with van der Waals surface area (Å²) in [6.45, 7) is 1.81. The zero-order chi connectivity index (χ0) is 14.2. The lowest BCUT2D eigenvalue weighted by Crippen LogP contribution is -2.10. The summed E-state index contributed by atoms with van der Waals surface area (Å²) >= 11 is 9.45. The average molecular weight is 343 g/mol. The standard InChI is InChI=1S/C13H13BrClN3O/c1-7-13(15)11(18(2)17-7)6-12(19)9-4-3-8(14)5-10(9)16/h3-5H,6,16H2,1-2H3. The van der Waals surface area contributed by atoms with E-state index < -0.39 is 0 Å².